The summed E-state index contributed by atoms with van der Waals surface area (Å²) in [5, 5.41) is 0.627. The number of phosphoric ester groups is 4. The number of aromatic nitrogens is 2. The van der Waals surface area contributed by atoms with Crippen molar-refractivity contribution in [2.24, 2.45) is 7.05 Å². The highest BCUT2D eigenvalue weighted by Gasteiger charge is 2.29. The maximum atomic E-state index is 13.3. The number of benzene rings is 4. The van der Waals surface area contributed by atoms with Gasteiger partial charge in [0.15, 0.2) is 10.9 Å². The van der Waals surface area contributed by atoms with E-state index in [1.54, 1.807) is 35.9 Å². The summed E-state index contributed by atoms with van der Waals surface area (Å²) in [5.41, 5.74) is 13.1. The number of nitrogens with two attached hydrogens (primary N) is 2. The van der Waals surface area contributed by atoms with E-state index in [4.69, 9.17) is 50.6 Å². The van der Waals surface area contributed by atoms with E-state index in [1.165, 1.54) is 36.4 Å². The summed E-state index contributed by atoms with van der Waals surface area (Å²) in [5.74, 6) is 0. The lowest BCUT2D eigenvalue weighted by Gasteiger charge is -2.22. The fraction of sp³-hybridized carbons (Fsp3) is 0.257. The van der Waals surface area contributed by atoms with E-state index in [0.717, 1.165) is 12.1 Å². The molecule has 4 aromatic carbocycles. The minimum absolute atomic E-state index is 0.0389. The molecule has 6 rings (SSSR count). The maximum absolute atomic E-state index is 13.3. The van der Waals surface area contributed by atoms with Crippen LogP contribution in [-0.4, -0.2) is 127 Å². The van der Waals surface area contributed by atoms with Crippen molar-refractivity contribution in [1.82, 2.24) is 18.2 Å². The molecule has 0 aliphatic carbocycles. The summed E-state index contributed by atoms with van der Waals surface area (Å²) < 4.78 is 117. The molecule has 0 amide bonds. The number of rotatable bonds is 20. The average Bonchev–Trinajstić information content (AvgIpc) is 3.23. The first-order valence-corrected chi connectivity index (χ1v) is 28.3. The number of sulfonamides is 2. The van der Waals surface area contributed by atoms with Crippen LogP contribution in [0.25, 0.3) is 43.6 Å². The lowest BCUT2D eigenvalue weighted by molar-refractivity contribution is 0.164. The third-order valence-electron chi connectivity index (χ3n) is 9.67. The van der Waals surface area contributed by atoms with Gasteiger partial charge in [-0.2, -0.15) is 8.61 Å². The van der Waals surface area contributed by atoms with Crippen LogP contribution in [0.2, 0.25) is 0 Å². The Morgan fingerprint density at radius 2 is 0.812 bits per heavy atom. The minimum atomic E-state index is -4.90. The van der Waals surface area contributed by atoms with Gasteiger partial charge in [-0.25, -0.2) is 35.1 Å². The van der Waals surface area contributed by atoms with Crippen molar-refractivity contribution < 1.29 is 92.3 Å². The van der Waals surface area contributed by atoms with Gasteiger partial charge >= 0.3 is 31.3 Å². The zero-order valence-electron chi connectivity index (χ0n) is 35.5. The van der Waals surface area contributed by atoms with Gasteiger partial charge in [0.25, 0.3) is 0 Å². The number of nitrogens with zero attached hydrogens (tertiary/aromatic N) is 3. The number of anilines is 2. The van der Waals surface area contributed by atoms with Gasteiger partial charge in [-0.1, -0.05) is 0 Å². The van der Waals surface area contributed by atoms with Crippen LogP contribution >= 0.6 is 31.3 Å². The average molecular weight is 1090 g/mol. The first-order valence-electron chi connectivity index (χ1n) is 19.3. The molecule has 0 radical (unpaired) electrons. The number of aromatic amines is 1. The second-order valence-corrected chi connectivity index (χ2v) is 23.2. The lowest BCUT2D eigenvalue weighted by atomic mass is 10.1. The van der Waals surface area contributed by atoms with Crippen LogP contribution in [0.1, 0.15) is 0 Å². The minimum Gasteiger partial charge on any atom is -0.399 e. The standard InChI is InChI=1S/C18H23N3O11P2S.C17H21N3O11P2S/c1-20-16-4-2-12(19)10-14(16)18(22)15-11-13(3-5-17(15)20)35(29,30)21(6-8-31-33(23,24)25)7-9-32-34(26,27)28;18-11-1-3-15-13(9-11)17(21)14-10-12(2-4-16(14)19-15)34(28,29)20(5-7-30-32(22,23)24)6-8-31-33(25,26)27/h2-5,10-11H,6-9,19H2,1H3,(H2,23,24,25)(H2,26,27,28);1-4,9-10H,5-8,18H2,(H,19,21)(H2,22,23,24)(H2,25,26,27). The Balaban J connectivity index is 0.000000258. The third kappa shape index (κ3) is 14.9. The van der Waals surface area contributed by atoms with Crippen molar-refractivity contribution in [3.63, 3.8) is 0 Å². The summed E-state index contributed by atoms with van der Waals surface area (Å²) in [6.45, 7) is -5.22. The van der Waals surface area contributed by atoms with Crippen molar-refractivity contribution in [2.45, 2.75) is 9.79 Å². The molecule has 0 saturated heterocycles. The predicted octanol–water partition coefficient (Wildman–Crippen LogP) is 0.956. The van der Waals surface area contributed by atoms with Gasteiger partial charge in [0.1, 0.15) is 0 Å². The molecule has 0 spiro atoms. The molecule has 378 valence electrons. The number of aryl methyl sites for hydroxylation is 1. The van der Waals surface area contributed by atoms with Crippen molar-refractivity contribution in [1.29, 1.82) is 0 Å². The highest BCUT2D eigenvalue weighted by atomic mass is 32.2. The molecule has 2 aromatic heterocycles. The van der Waals surface area contributed by atoms with Crippen LogP contribution in [0.3, 0.4) is 0 Å². The van der Waals surface area contributed by atoms with E-state index in [-0.39, 0.29) is 31.3 Å². The lowest BCUT2D eigenvalue weighted by Crippen LogP contribution is -2.36. The Morgan fingerprint density at radius 1 is 0.507 bits per heavy atom. The van der Waals surface area contributed by atoms with E-state index in [9.17, 15) is 44.7 Å². The van der Waals surface area contributed by atoms with Crippen LogP contribution in [-0.2, 0) is 63.4 Å². The van der Waals surface area contributed by atoms with Crippen LogP contribution < -0.4 is 22.3 Å². The summed E-state index contributed by atoms with van der Waals surface area (Å²) in [4.78, 5) is 99.2. The van der Waals surface area contributed by atoms with E-state index in [1.807, 2.05) is 0 Å². The molecule has 28 nitrogen and oxygen atoms in total. The fourth-order valence-electron chi connectivity index (χ4n) is 6.63. The molecule has 2 heterocycles. The summed E-state index contributed by atoms with van der Waals surface area (Å²) >= 11 is 0. The Morgan fingerprint density at radius 3 is 1.23 bits per heavy atom. The van der Waals surface area contributed by atoms with Crippen molar-refractivity contribution in [3.8, 4) is 0 Å². The number of nitrogen functional groups attached to an aromatic ring is 2. The van der Waals surface area contributed by atoms with E-state index in [0.29, 0.717) is 42.1 Å². The van der Waals surface area contributed by atoms with Crippen molar-refractivity contribution >= 4 is 106 Å². The molecule has 0 unspecified atom stereocenters. The van der Waals surface area contributed by atoms with E-state index >= 15 is 0 Å². The first-order chi connectivity index (χ1) is 31.8. The molecule has 34 heteroatoms. The summed E-state index contributed by atoms with van der Waals surface area (Å²) in [7, 11) is -26.7. The molecule has 6 aromatic rings. The Labute approximate surface area is 389 Å². The van der Waals surface area contributed by atoms with E-state index in [2.05, 4.69) is 23.1 Å². The molecule has 0 atom stereocenters. The second-order valence-electron chi connectivity index (χ2n) is 14.4. The molecule has 0 saturated carbocycles. The van der Waals surface area contributed by atoms with Gasteiger partial charge in [0.2, 0.25) is 20.0 Å². The first kappa shape index (κ1) is 55.6. The zero-order chi connectivity index (χ0) is 51.5. The van der Waals surface area contributed by atoms with Gasteiger partial charge in [0, 0.05) is 77.2 Å². The molecule has 13 N–H and O–H groups in total. The Kier molecular flexibility index (Phi) is 17.4. The van der Waals surface area contributed by atoms with Crippen LogP contribution in [0, 0.1) is 0 Å². The SMILES string of the molecule is Cn1c2ccc(N)cc2c(=O)c2cc(S(=O)(=O)N(CCOP(=O)(O)O)CCOP(=O)(O)O)ccc21.Nc1ccc2[nH]c3ccc(S(=O)(=O)N(CCOP(=O)(O)O)CCOP(=O)(O)O)cc3c(=O)c2c1. The third-order valence-corrected chi connectivity index (χ3v) is 15.5. The normalized spacial score (nSPS) is 13.2. The monoisotopic (exact) mass is 1090 g/mol. The largest absolute Gasteiger partial charge is 0.469 e. The number of H-pyrrole nitrogens is 1. The molecular formula is C35H44N6O22P4S2. The number of hydrogen-bond acceptors (Lipinski definition) is 16. The molecule has 69 heavy (non-hydrogen) atoms. The van der Waals surface area contributed by atoms with Gasteiger partial charge in [-0.05, 0) is 72.8 Å². The van der Waals surface area contributed by atoms with Gasteiger partial charge < -0.3 is 60.2 Å². The number of nitrogens with one attached hydrogen (secondary N) is 1. The summed E-state index contributed by atoms with van der Waals surface area (Å²) in [6.07, 6.45) is 0. The molecular weight excluding hydrogens is 1040 g/mol. The van der Waals surface area contributed by atoms with Crippen molar-refractivity contribution in [2.75, 3.05) is 64.1 Å². The van der Waals surface area contributed by atoms with Crippen LogP contribution in [0.4, 0.5) is 11.4 Å². The molecule has 0 aliphatic rings. The smallest absolute Gasteiger partial charge is 0.399 e. The predicted molar refractivity (Wildman–Crippen MR) is 247 cm³/mol. The fourth-order valence-corrected chi connectivity index (χ4v) is 10.8. The molecule has 0 fully saturated rings. The Bertz CT molecular complexity index is 3410. The van der Waals surface area contributed by atoms with Crippen molar-refractivity contribution in [3.05, 3.63) is 93.2 Å². The van der Waals surface area contributed by atoms with Crippen LogP contribution in [0.15, 0.2) is 92.2 Å². The van der Waals surface area contributed by atoms with Gasteiger partial charge in [0.05, 0.1) is 47.3 Å². The number of pyridine rings is 2. The second kappa shape index (κ2) is 21.6. The highest BCUT2D eigenvalue weighted by Crippen LogP contribution is 2.38. The molecule has 0 aliphatic heterocycles. The van der Waals surface area contributed by atoms with Gasteiger partial charge in [-0.15, -0.1) is 0 Å². The number of hydrogen-bond donors (Lipinski definition) is 11. The topological polar surface area (TPSA) is 449 Å². The number of fused-ring (bicyclic) bond motifs is 4. The molecule has 0 bridgehead atoms. The quantitative estimate of drug-likeness (QED) is 0.0288. The van der Waals surface area contributed by atoms with Gasteiger partial charge in [-0.3, -0.25) is 27.7 Å². The summed E-state index contributed by atoms with van der Waals surface area (Å²) in [6, 6.07) is 16.9. The number of phosphoric acid groups is 4. The Hall–Kier alpha value is -4.32. The van der Waals surface area contributed by atoms with Crippen LogP contribution in [0.5, 0.6) is 0 Å². The maximum Gasteiger partial charge on any atom is 0.469 e. The zero-order valence-corrected chi connectivity index (χ0v) is 40.7. The van der Waals surface area contributed by atoms with E-state index < -0.39 is 115 Å². The highest BCUT2D eigenvalue weighted by molar-refractivity contribution is 7.89.